The van der Waals surface area contributed by atoms with Crippen LogP contribution in [0.5, 0.6) is 17.4 Å². The van der Waals surface area contributed by atoms with Crippen molar-refractivity contribution in [3.63, 3.8) is 0 Å². The van der Waals surface area contributed by atoms with E-state index in [-0.39, 0.29) is 93.7 Å². The molecule has 2 aromatic heterocycles. The summed E-state index contributed by atoms with van der Waals surface area (Å²) in [6, 6.07) is 13.2. The molecule has 21 nitrogen and oxygen atoms in total. The average Bonchev–Trinajstić information content (AvgIpc) is 3.60. The summed E-state index contributed by atoms with van der Waals surface area (Å²) in [6.07, 6.45) is 4.94. The molecule has 0 amide bonds. The first-order chi connectivity index (χ1) is 29.7. The van der Waals surface area contributed by atoms with Crippen molar-refractivity contribution in [2.45, 2.75) is 51.3 Å². The molecule has 2 heterocycles. The van der Waals surface area contributed by atoms with Gasteiger partial charge in [-0.1, -0.05) is 6.08 Å². The first kappa shape index (κ1) is 46.0. The number of aryl methyl sites for hydroxylation is 3. The quantitative estimate of drug-likeness (QED) is 0.0385. The minimum Gasteiger partial charge on any atom is -0.493 e. The lowest BCUT2D eigenvalue weighted by molar-refractivity contribution is 0.317. The van der Waals surface area contributed by atoms with Crippen molar-refractivity contribution in [2.24, 2.45) is 30.7 Å². The van der Waals surface area contributed by atoms with Crippen LogP contribution < -0.4 is 9.47 Å². The normalized spacial score (nSPS) is 13.3. The molecule has 0 atom stereocenters. The van der Waals surface area contributed by atoms with Crippen LogP contribution in [0.1, 0.15) is 52.9 Å². The van der Waals surface area contributed by atoms with E-state index in [2.05, 4.69) is 41.7 Å². The fourth-order valence-electron chi connectivity index (χ4n) is 6.23. The molecule has 3 aromatic carbocycles. The van der Waals surface area contributed by atoms with Crippen molar-refractivity contribution in [3.05, 3.63) is 88.2 Å². The SMILES string of the molecule is Cc1cc(N=Nc2cc(OCCCS(=O)(=O)O)c(N=Nc3c(C)c(C#N)c4nc5c(n4c3O)C=CCC5)cc2C)c(OCCCS(=O)(=O)O)cc1N=Nc1ccc(S(=O)(=O)O)cc1. The average molecular weight is 922 g/mol. The molecule has 24 heteroatoms. The van der Waals surface area contributed by atoms with Gasteiger partial charge in [-0.25, -0.2) is 4.98 Å². The van der Waals surface area contributed by atoms with Crippen molar-refractivity contribution in [2.75, 3.05) is 24.7 Å². The zero-order chi connectivity index (χ0) is 45.7. The summed E-state index contributed by atoms with van der Waals surface area (Å²) in [4.78, 5) is 4.27. The van der Waals surface area contributed by atoms with E-state index in [0.29, 0.717) is 28.8 Å². The lowest BCUT2D eigenvalue weighted by Crippen LogP contribution is -2.08. The summed E-state index contributed by atoms with van der Waals surface area (Å²) in [7, 11) is -13.0. The third kappa shape index (κ3) is 11.5. The minimum atomic E-state index is -4.42. The van der Waals surface area contributed by atoms with Crippen LogP contribution in [-0.4, -0.2) is 78.1 Å². The highest BCUT2D eigenvalue weighted by Gasteiger charge is 2.24. The number of azo groups is 3. The topological polar surface area (TPSA) is 317 Å². The van der Waals surface area contributed by atoms with E-state index < -0.39 is 41.9 Å². The Hall–Kier alpha value is -6.49. The monoisotopic (exact) mass is 921 g/mol. The summed E-state index contributed by atoms with van der Waals surface area (Å²) < 4.78 is 109. The van der Waals surface area contributed by atoms with Crippen LogP contribution in [0.4, 0.5) is 34.1 Å². The summed E-state index contributed by atoms with van der Waals surface area (Å²) in [5.41, 5.74) is 4.24. The number of fused-ring (bicyclic) bond motifs is 3. The van der Waals surface area contributed by atoms with E-state index >= 15 is 0 Å². The van der Waals surface area contributed by atoms with Gasteiger partial charge in [-0.3, -0.25) is 18.1 Å². The number of aromatic hydroxyl groups is 1. The third-order valence-electron chi connectivity index (χ3n) is 9.40. The number of benzene rings is 3. The second kappa shape index (κ2) is 18.9. The van der Waals surface area contributed by atoms with Crippen LogP contribution in [-0.2, 0) is 36.8 Å². The number of hydrogen-bond donors (Lipinski definition) is 4. The molecular formula is C39H39N9O12S3. The Morgan fingerprint density at radius 3 is 1.79 bits per heavy atom. The van der Waals surface area contributed by atoms with Crippen LogP contribution in [0, 0.1) is 32.1 Å². The number of hydrogen-bond acceptors (Lipinski definition) is 17. The maximum atomic E-state index is 11.4. The molecule has 0 bridgehead atoms. The van der Waals surface area contributed by atoms with Crippen LogP contribution in [0.15, 0.2) is 90.2 Å². The van der Waals surface area contributed by atoms with Crippen LogP contribution in [0.3, 0.4) is 0 Å². The number of pyridine rings is 1. The molecule has 0 saturated heterocycles. The lowest BCUT2D eigenvalue weighted by atomic mass is 10.1. The molecule has 0 fully saturated rings. The van der Waals surface area contributed by atoms with Gasteiger partial charge >= 0.3 is 0 Å². The highest BCUT2D eigenvalue weighted by atomic mass is 32.2. The van der Waals surface area contributed by atoms with Crippen molar-refractivity contribution in [1.29, 1.82) is 5.26 Å². The van der Waals surface area contributed by atoms with Gasteiger partial charge in [0.25, 0.3) is 30.4 Å². The van der Waals surface area contributed by atoms with Crippen molar-refractivity contribution in [1.82, 2.24) is 9.38 Å². The molecule has 1 aliphatic rings. The van der Waals surface area contributed by atoms with E-state index in [1.165, 1.54) is 28.7 Å². The van der Waals surface area contributed by atoms with E-state index in [1.807, 2.05) is 12.2 Å². The van der Waals surface area contributed by atoms with Gasteiger partial charge in [0.2, 0.25) is 5.88 Å². The Bertz CT molecular complexity index is 3100. The summed E-state index contributed by atoms with van der Waals surface area (Å²) in [5, 5.41) is 47.4. The van der Waals surface area contributed by atoms with E-state index in [0.717, 1.165) is 24.2 Å². The molecule has 0 aliphatic heterocycles. The van der Waals surface area contributed by atoms with E-state index in [9.17, 15) is 49.3 Å². The second-order valence-corrected chi connectivity index (χ2v) is 18.7. The molecule has 0 spiro atoms. The Labute approximate surface area is 361 Å². The van der Waals surface area contributed by atoms with Gasteiger partial charge in [-0.05, 0) is 100 Å². The minimum absolute atomic E-state index is 0.00510. The first-order valence-corrected chi connectivity index (χ1v) is 23.5. The fourth-order valence-corrected chi connectivity index (χ4v) is 7.67. The maximum Gasteiger partial charge on any atom is 0.294 e. The predicted molar refractivity (Wildman–Crippen MR) is 228 cm³/mol. The predicted octanol–water partition coefficient (Wildman–Crippen LogP) is 8.60. The molecule has 5 aromatic rings. The highest BCUT2D eigenvalue weighted by molar-refractivity contribution is 7.86. The first-order valence-electron chi connectivity index (χ1n) is 18.8. The Kier molecular flexibility index (Phi) is 13.8. The standard InChI is InChI=1S/C39H39N9O12S3/c1-23-18-32(35(59-14-6-16-61(50,51)52)20-30(23)43-42-26-10-12-27(13-11-26)63(56,57)58)45-44-31-21-36(60-15-7-17-62(53,54)55)33(19-24(31)2)46-47-37-25(3)28(22-40)38-41-29-8-4-5-9-34(29)48(38)39(37)49/h5,9-13,18-21,49H,4,6-8,14-17H2,1-3H3,(H,50,51,52)(H,53,54,55)(H,56,57,58). The smallest absolute Gasteiger partial charge is 0.294 e. The molecule has 4 N–H and O–H groups in total. The van der Waals surface area contributed by atoms with Crippen molar-refractivity contribution < 1.29 is 53.5 Å². The van der Waals surface area contributed by atoms with Crippen LogP contribution in [0.25, 0.3) is 11.7 Å². The van der Waals surface area contributed by atoms with E-state index in [1.54, 1.807) is 32.9 Å². The van der Waals surface area contributed by atoms with Crippen molar-refractivity contribution >= 4 is 76.2 Å². The Balaban J connectivity index is 1.36. The number of rotatable bonds is 17. The van der Waals surface area contributed by atoms with Crippen molar-refractivity contribution in [3.8, 4) is 23.4 Å². The van der Waals surface area contributed by atoms with Gasteiger partial charge in [0.15, 0.2) is 11.3 Å². The van der Waals surface area contributed by atoms with Gasteiger partial charge in [-0.15, -0.1) is 15.3 Å². The van der Waals surface area contributed by atoms with Gasteiger partial charge in [0.05, 0.1) is 58.1 Å². The number of ether oxygens (including phenoxy) is 2. The zero-order valence-corrected chi connectivity index (χ0v) is 36.2. The summed E-state index contributed by atoms with van der Waals surface area (Å²) in [5.74, 6) is -1.30. The van der Waals surface area contributed by atoms with Crippen LogP contribution in [0.2, 0.25) is 0 Å². The Morgan fingerprint density at radius 1 is 0.746 bits per heavy atom. The van der Waals surface area contributed by atoms with Gasteiger partial charge in [-0.2, -0.15) is 45.9 Å². The highest BCUT2D eigenvalue weighted by Crippen LogP contribution is 2.42. The number of nitrogens with zero attached hydrogens (tertiary/aromatic N) is 9. The van der Waals surface area contributed by atoms with E-state index in [4.69, 9.17) is 9.47 Å². The molecular weight excluding hydrogens is 883 g/mol. The van der Waals surface area contributed by atoms with Gasteiger partial charge < -0.3 is 14.6 Å². The lowest BCUT2D eigenvalue weighted by Gasteiger charge is -2.13. The summed E-state index contributed by atoms with van der Waals surface area (Å²) >= 11 is 0. The maximum absolute atomic E-state index is 11.4. The number of imidazole rings is 1. The molecule has 6 rings (SSSR count). The zero-order valence-electron chi connectivity index (χ0n) is 33.7. The fraction of sp³-hybridized carbons (Fsp3) is 0.282. The number of allylic oxidation sites excluding steroid dienone is 1. The van der Waals surface area contributed by atoms with Crippen LogP contribution >= 0.6 is 0 Å². The van der Waals surface area contributed by atoms with Gasteiger partial charge in [0, 0.05) is 17.7 Å². The molecule has 330 valence electrons. The largest absolute Gasteiger partial charge is 0.493 e. The third-order valence-corrected chi connectivity index (χ3v) is 11.9. The molecule has 1 aliphatic carbocycles. The molecule has 0 radical (unpaired) electrons. The molecule has 63 heavy (non-hydrogen) atoms. The molecule has 0 unspecified atom stereocenters. The number of nitriles is 1. The second-order valence-electron chi connectivity index (χ2n) is 14.1. The number of aromatic nitrogens is 2. The molecule has 0 saturated carbocycles. The Morgan fingerprint density at radius 2 is 1.27 bits per heavy atom. The van der Waals surface area contributed by atoms with Gasteiger partial charge in [0.1, 0.15) is 34.5 Å². The summed E-state index contributed by atoms with van der Waals surface area (Å²) in [6.45, 7) is 4.62.